The van der Waals surface area contributed by atoms with Crippen LogP contribution in [0.5, 0.6) is 0 Å². The number of rotatable bonds is 3. The molecule has 2 aromatic rings. The number of nitrogens with zero attached hydrogens (tertiary/aromatic N) is 2. The van der Waals surface area contributed by atoms with Crippen molar-refractivity contribution in [2.45, 2.75) is 25.0 Å². The van der Waals surface area contributed by atoms with Crippen LogP contribution in [0.2, 0.25) is 0 Å². The van der Waals surface area contributed by atoms with Gasteiger partial charge in [0.1, 0.15) is 5.69 Å². The summed E-state index contributed by atoms with van der Waals surface area (Å²) in [6.45, 7) is 2.42. The van der Waals surface area contributed by atoms with Gasteiger partial charge in [0.25, 0.3) is 5.91 Å². The normalized spacial score (nSPS) is 20.5. The van der Waals surface area contributed by atoms with Crippen molar-refractivity contribution in [3.63, 3.8) is 0 Å². The van der Waals surface area contributed by atoms with Crippen molar-refractivity contribution in [1.82, 2.24) is 9.88 Å². The molecule has 0 bridgehead atoms. The molecule has 1 aromatic heterocycles. The van der Waals surface area contributed by atoms with E-state index >= 15 is 0 Å². The summed E-state index contributed by atoms with van der Waals surface area (Å²) in [5, 5.41) is 2.27. The smallest absolute Gasteiger partial charge is 0.273 e. The first kappa shape index (κ1) is 17.1. The van der Waals surface area contributed by atoms with Gasteiger partial charge in [0.15, 0.2) is 9.84 Å². The molecule has 24 heavy (non-hydrogen) atoms. The Kier molecular flexibility index (Phi) is 5.01. The maximum atomic E-state index is 12.6. The van der Waals surface area contributed by atoms with Gasteiger partial charge in [0.2, 0.25) is 0 Å². The Bertz CT molecular complexity index is 815. The van der Waals surface area contributed by atoms with Crippen molar-refractivity contribution in [2.24, 2.45) is 0 Å². The Morgan fingerprint density at radius 3 is 2.79 bits per heavy atom. The van der Waals surface area contributed by atoms with Crippen molar-refractivity contribution < 1.29 is 13.2 Å². The second kappa shape index (κ2) is 7.03. The fraction of sp³-hybridized carbons (Fsp3) is 0.412. The summed E-state index contributed by atoms with van der Waals surface area (Å²) >= 11 is 1.47. The number of aromatic nitrogens is 1. The minimum Gasteiger partial charge on any atom is -0.336 e. The Morgan fingerprint density at radius 2 is 2.04 bits per heavy atom. The monoisotopic (exact) mass is 364 g/mol. The Morgan fingerprint density at radius 1 is 1.29 bits per heavy atom. The van der Waals surface area contributed by atoms with E-state index in [0.29, 0.717) is 25.1 Å². The molecule has 2 heterocycles. The van der Waals surface area contributed by atoms with Gasteiger partial charge in [-0.15, -0.1) is 11.3 Å². The van der Waals surface area contributed by atoms with Gasteiger partial charge in [-0.2, -0.15) is 0 Å². The number of carbonyl (C=O) groups excluding carboxylic acids is 1. The van der Waals surface area contributed by atoms with Crippen molar-refractivity contribution in [3.8, 4) is 0 Å². The summed E-state index contributed by atoms with van der Waals surface area (Å²) in [7, 11) is -3.09. The summed E-state index contributed by atoms with van der Waals surface area (Å²) in [6, 6.07) is 9.99. The third-order valence-corrected chi connectivity index (χ3v) is 7.38. The minimum atomic E-state index is -3.09. The zero-order valence-electron chi connectivity index (χ0n) is 13.5. The summed E-state index contributed by atoms with van der Waals surface area (Å²) in [6.07, 6.45) is 1.18. The number of thiazole rings is 1. The van der Waals surface area contributed by atoms with E-state index in [-0.39, 0.29) is 23.5 Å². The number of carbonyl (C=O) groups is 1. The lowest BCUT2D eigenvalue weighted by Crippen LogP contribution is -2.33. The van der Waals surface area contributed by atoms with Gasteiger partial charge in [-0.1, -0.05) is 30.3 Å². The van der Waals surface area contributed by atoms with E-state index in [2.05, 4.69) is 4.98 Å². The number of hydrogen-bond donors (Lipinski definition) is 0. The van der Waals surface area contributed by atoms with E-state index in [9.17, 15) is 13.2 Å². The van der Waals surface area contributed by atoms with Crippen LogP contribution in [-0.4, -0.2) is 48.3 Å². The van der Waals surface area contributed by atoms with Crippen LogP contribution in [0.1, 0.15) is 34.4 Å². The molecule has 0 saturated carbocycles. The predicted molar refractivity (Wildman–Crippen MR) is 95.1 cm³/mol. The fourth-order valence-corrected chi connectivity index (χ4v) is 4.84. The van der Waals surface area contributed by atoms with Gasteiger partial charge < -0.3 is 4.90 Å². The van der Waals surface area contributed by atoms with Crippen LogP contribution in [0, 0.1) is 0 Å². The van der Waals surface area contributed by atoms with Gasteiger partial charge in [0.05, 0.1) is 16.0 Å². The lowest BCUT2D eigenvalue weighted by atomic mass is 10.2. The number of benzene rings is 1. The largest absolute Gasteiger partial charge is 0.336 e. The van der Waals surface area contributed by atoms with E-state index in [1.807, 2.05) is 30.3 Å². The minimum absolute atomic E-state index is 0.0287. The molecule has 0 aliphatic carbocycles. The lowest BCUT2D eigenvalue weighted by Gasteiger charge is -2.18. The molecule has 5 nitrogen and oxygen atoms in total. The van der Waals surface area contributed by atoms with Crippen LogP contribution in [0.3, 0.4) is 0 Å². The molecule has 0 N–H and O–H groups in total. The van der Waals surface area contributed by atoms with Crippen LogP contribution in [0.15, 0.2) is 35.7 Å². The summed E-state index contributed by atoms with van der Waals surface area (Å²) in [5.41, 5.74) is 1.57. The quantitative estimate of drug-likeness (QED) is 0.839. The van der Waals surface area contributed by atoms with Gasteiger partial charge in [-0.05, 0) is 18.9 Å². The number of amides is 1. The van der Waals surface area contributed by atoms with E-state index in [1.54, 1.807) is 17.2 Å². The molecule has 128 valence electrons. The SMILES string of the molecule is CC1CCN(C(=O)c2csc(Cc3ccccc3)n2)CCS1(=O)=O. The highest BCUT2D eigenvalue weighted by Crippen LogP contribution is 2.18. The van der Waals surface area contributed by atoms with Crippen LogP contribution < -0.4 is 0 Å². The van der Waals surface area contributed by atoms with E-state index in [1.165, 1.54) is 11.3 Å². The molecule has 1 unspecified atom stereocenters. The predicted octanol–water partition coefficient (Wildman–Crippen LogP) is 2.38. The van der Waals surface area contributed by atoms with Crippen molar-refractivity contribution >= 4 is 27.1 Å². The van der Waals surface area contributed by atoms with Crippen LogP contribution in [0.4, 0.5) is 0 Å². The maximum absolute atomic E-state index is 12.6. The van der Waals surface area contributed by atoms with E-state index in [4.69, 9.17) is 0 Å². The molecule has 1 amide bonds. The number of hydrogen-bond acceptors (Lipinski definition) is 5. The second-order valence-electron chi connectivity index (χ2n) is 6.05. The van der Waals surface area contributed by atoms with Crippen LogP contribution in [0.25, 0.3) is 0 Å². The average Bonchev–Trinajstić information content (AvgIpc) is 2.98. The molecule has 1 fully saturated rings. The lowest BCUT2D eigenvalue weighted by molar-refractivity contribution is 0.0762. The fourth-order valence-electron chi connectivity index (χ4n) is 2.69. The molecule has 1 aliphatic rings. The van der Waals surface area contributed by atoms with Crippen LogP contribution in [-0.2, 0) is 16.3 Å². The molecule has 1 aliphatic heterocycles. The molecule has 7 heteroatoms. The summed E-state index contributed by atoms with van der Waals surface area (Å²) < 4.78 is 23.9. The molecule has 1 aromatic carbocycles. The summed E-state index contributed by atoms with van der Waals surface area (Å²) in [5.74, 6) is -0.143. The molecular weight excluding hydrogens is 344 g/mol. The van der Waals surface area contributed by atoms with Crippen molar-refractivity contribution in [2.75, 3.05) is 18.8 Å². The molecule has 0 spiro atoms. The zero-order valence-corrected chi connectivity index (χ0v) is 15.1. The second-order valence-corrected chi connectivity index (χ2v) is 9.53. The number of sulfone groups is 1. The highest BCUT2D eigenvalue weighted by Gasteiger charge is 2.29. The van der Waals surface area contributed by atoms with Crippen LogP contribution >= 0.6 is 11.3 Å². The van der Waals surface area contributed by atoms with Gasteiger partial charge in [-0.3, -0.25) is 4.79 Å². The van der Waals surface area contributed by atoms with Gasteiger partial charge in [0, 0.05) is 24.9 Å². The Balaban J connectivity index is 1.70. The maximum Gasteiger partial charge on any atom is 0.273 e. The van der Waals surface area contributed by atoms with Gasteiger partial charge in [-0.25, -0.2) is 13.4 Å². The first-order valence-electron chi connectivity index (χ1n) is 7.95. The highest BCUT2D eigenvalue weighted by atomic mass is 32.2. The van der Waals surface area contributed by atoms with E-state index < -0.39 is 9.84 Å². The highest BCUT2D eigenvalue weighted by molar-refractivity contribution is 7.92. The molecule has 1 atom stereocenters. The third kappa shape index (κ3) is 3.84. The first-order chi connectivity index (χ1) is 11.5. The zero-order chi connectivity index (χ0) is 17.2. The van der Waals surface area contributed by atoms with E-state index in [0.717, 1.165) is 10.6 Å². The average molecular weight is 364 g/mol. The molecule has 3 rings (SSSR count). The molecule has 0 radical (unpaired) electrons. The Hall–Kier alpha value is -1.73. The Labute approximate surface area is 146 Å². The molecular formula is C17H20N2O3S2. The third-order valence-electron chi connectivity index (χ3n) is 4.32. The van der Waals surface area contributed by atoms with Crippen molar-refractivity contribution in [1.29, 1.82) is 0 Å². The first-order valence-corrected chi connectivity index (χ1v) is 10.5. The topological polar surface area (TPSA) is 67.3 Å². The van der Waals surface area contributed by atoms with Gasteiger partial charge >= 0.3 is 0 Å². The van der Waals surface area contributed by atoms with Crippen molar-refractivity contribution in [3.05, 3.63) is 52.0 Å². The standard InChI is InChI=1S/C17H20N2O3S2/c1-13-7-8-19(9-10-24(13,21)22)17(20)15-12-23-16(18-15)11-14-5-3-2-4-6-14/h2-6,12-13H,7-11H2,1H3. The summed E-state index contributed by atoms with van der Waals surface area (Å²) in [4.78, 5) is 18.7. The molecule has 1 saturated heterocycles.